The number of hydrogen-bond acceptors (Lipinski definition) is 4. The maximum atomic E-state index is 14.0. The third kappa shape index (κ3) is 3.09. The van der Waals surface area contributed by atoms with E-state index in [1.165, 1.54) is 0 Å². The van der Waals surface area contributed by atoms with Gasteiger partial charge in [-0.25, -0.2) is 0 Å². The van der Waals surface area contributed by atoms with Crippen LogP contribution in [0, 0.1) is 11.8 Å². The number of hydrogen-bond donors (Lipinski definition) is 0. The molecule has 1 spiro atoms. The van der Waals surface area contributed by atoms with Gasteiger partial charge >= 0.3 is 0 Å². The van der Waals surface area contributed by atoms with Crippen LogP contribution in [-0.2, 0) is 19.7 Å². The van der Waals surface area contributed by atoms with Gasteiger partial charge < -0.3 is 14.4 Å². The Kier molecular flexibility index (Phi) is 4.61. The maximum Gasteiger partial charge on any atom is 0.260 e. The maximum absolute atomic E-state index is 14.0. The van der Waals surface area contributed by atoms with Crippen LogP contribution in [0.2, 0.25) is 0 Å². The van der Waals surface area contributed by atoms with Crippen molar-refractivity contribution in [3.63, 3.8) is 0 Å². The lowest BCUT2D eigenvalue weighted by Crippen LogP contribution is -2.72. The van der Waals surface area contributed by atoms with Gasteiger partial charge in [-0.2, -0.15) is 0 Å². The molecular formula is C24H33NO4. The number of rotatable bonds is 2. The fraction of sp³-hybridized carbons (Fsp3) is 0.667. The zero-order valence-corrected chi connectivity index (χ0v) is 18.5. The van der Waals surface area contributed by atoms with E-state index in [0.717, 1.165) is 36.3 Å². The highest BCUT2D eigenvalue weighted by molar-refractivity contribution is 6.06. The summed E-state index contributed by atoms with van der Waals surface area (Å²) >= 11 is 0. The smallest absolute Gasteiger partial charge is 0.260 e. The Morgan fingerprint density at radius 1 is 1.21 bits per heavy atom. The van der Waals surface area contributed by atoms with Gasteiger partial charge in [0.1, 0.15) is 11.5 Å². The molecule has 3 atom stereocenters. The average molecular weight is 400 g/mol. The molecule has 0 bridgehead atoms. The number of ether oxygens (including phenoxy) is 2. The fourth-order valence-corrected chi connectivity index (χ4v) is 5.54. The predicted molar refractivity (Wildman–Crippen MR) is 112 cm³/mol. The number of carbonyl (C=O) groups is 2. The van der Waals surface area contributed by atoms with Crippen LogP contribution in [0.5, 0.6) is 5.75 Å². The van der Waals surface area contributed by atoms with E-state index < -0.39 is 11.2 Å². The zero-order chi connectivity index (χ0) is 21.2. The standard InChI is InChI=1S/C24H33NO4/c1-22(2,3)17-13-16(28-6)9-10-19(17)25-11-7-8-15-12-18-20(26)14-23(4,5)29-24(15,18)21(25)27/h9-10,13,15,18H,7-8,11-12,14H2,1-6H3/t15-,18+,24+/m1/s1. The molecule has 1 saturated carbocycles. The molecule has 0 aromatic heterocycles. The summed E-state index contributed by atoms with van der Waals surface area (Å²) in [7, 11) is 1.66. The fourth-order valence-electron chi connectivity index (χ4n) is 5.54. The largest absolute Gasteiger partial charge is 0.497 e. The number of amides is 1. The van der Waals surface area contributed by atoms with Crippen LogP contribution in [0.3, 0.4) is 0 Å². The van der Waals surface area contributed by atoms with Crippen LogP contribution in [-0.4, -0.2) is 36.5 Å². The molecule has 3 fully saturated rings. The number of nitrogens with zero attached hydrogens (tertiary/aromatic N) is 1. The Hall–Kier alpha value is -1.88. The zero-order valence-electron chi connectivity index (χ0n) is 18.5. The molecule has 5 heteroatoms. The molecule has 29 heavy (non-hydrogen) atoms. The third-order valence-electron chi connectivity index (χ3n) is 6.89. The number of ketones is 1. The number of carbonyl (C=O) groups excluding carboxylic acids is 2. The lowest BCUT2D eigenvalue weighted by molar-refractivity contribution is -0.251. The number of benzene rings is 1. The minimum Gasteiger partial charge on any atom is -0.497 e. The second kappa shape index (κ2) is 6.56. The topological polar surface area (TPSA) is 55.8 Å². The molecule has 0 unspecified atom stereocenters. The Balaban J connectivity index is 1.81. The highest BCUT2D eigenvalue weighted by atomic mass is 16.5. The van der Waals surface area contributed by atoms with Gasteiger partial charge in [0.15, 0.2) is 5.60 Å². The van der Waals surface area contributed by atoms with Crippen molar-refractivity contribution >= 4 is 17.4 Å². The van der Waals surface area contributed by atoms with Gasteiger partial charge in [-0.1, -0.05) is 20.8 Å². The normalized spacial score (nSPS) is 31.4. The summed E-state index contributed by atoms with van der Waals surface area (Å²) in [5, 5.41) is 0. The van der Waals surface area contributed by atoms with Crippen molar-refractivity contribution < 1.29 is 19.1 Å². The van der Waals surface area contributed by atoms with Crippen molar-refractivity contribution in [2.24, 2.45) is 11.8 Å². The Morgan fingerprint density at radius 2 is 1.93 bits per heavy atom. The van der Waals surface area contributed by atoms with Crippen molar-refractivity contribution in [3.8, 4) is 5.75 Å². The molecule has 0 radical (unpaired) electrons. The lowest BCUT2D eigenvalue weighted by atomic mass is 9.55. The predicted octanol–water partition coefficient (Wildman–Crippen LogP) is 4.26. The second-order valence-electron chi connectivity index (χ2n) is 10.5. The van der Waals surface area contributed by atoms with Crippen molar-refractivity contribution in [1.82, 2.24) is 0 Å². The first-order valence-corrected chi connectivity index (χ1v) is 10.7. The molecule has 0 N–H and O–H groups in total. The van der Waals surface area contributed by atoms with Gasteiger partial charge in [0.2, 0.25) is 0 Å². The molecule has 2 aliphatic heterocycles. The monoisotopic (exact) mass is 399 g/mol. The number of anilines is 1. The van der Waals surface area contributed by atoms with E-state index in [1.807, 2.05) is 36.9 Å². The Morgan fingerprint density at radius 3 is 2.59 bits per heavy atom. The SMILES string of the molecule is COc1ccc(N2CCC[C@@H]3C[C@H]4C(=O)CC(C)(C)O[C@@]34C2=O)c(C(C)(C)C)c1. The number of methoxy groups -OCH3 is 1. The summed E-state index contributed by atoms with van der Waals surface area (Å²) in [6.07, 6.45) is 3.00. The van der Waals surface area contributed by atoms with E-state index in [1.54, 1.807) is 7.11 Å². The quantitative estimate of drug-likeness (QED) is 0.746. The van der Waals surface area contributed by atoms with E-state index in [0.29, 0.717) is 13.0 Å². The molecule has 4 rings (SSSR count). The Bertz CT molecular complexity index is 853. The van der Waals surface area contributed by atoms with Crippen molar-refractivity contribution in [1.29, 1.82) is 0 Å². The molecular weight excluding hydrogens is 366 g/mol. The van der Waals surface area contributed by atoms with Crippen molar-refractivity contribution in [3.05, 3.63) is 23.8 Å². The van der Waals surface area contributed by atoms with Gasteiger partial charge in [0.05, 0.1) is 18.6 Å². The van der Waals surface area contributed by atoms with Crippen molar-refractivity contribution in [2.75, 3.05) is 18.6 Å². The van der Waals surface area contributed by atoms with E-state index in [4.69, 9.17) is 9.47 Å². The highest BCUT2D eigenvalue weighted by Crippen LogP contribution is 2.57. The summed E-state index contributed by atoms with van der Waals surface area (Å²) in [6.45, 7) is 10.9. The summed E-state index contributed by atoms with van der Waals surface area (Å²) in [6, 6.07) is 5.92. The Labute approximate surface area is 173 Å². The minimum atomic E-state index is -0.996. The molecule has 1 amide bonds. The first-order chi connectivity index (χ1) is 13.5. The molecule has 1 aliphatic carbocycles. The van der Waals surface area contributed by atoms with Gasteiger partial charge in [-0.15, -0.1) is 0 Å². The van der Waals surface area contributed by atoms with Crippen LogP contribution < -0.4 is 9.64 Å². The third-order valence-corrected chi connectivity index (χ3v) is 6.89. The molecule has 1 aromatic carbocycles. The van der Waals surface area contributed by atoms with Crippen LogP contribution in [0.15, 0.2) is 18.2 Å². The van der Waals surface area contributed by atoms with Crippen LogP contribution in [0.4, 0.5) is 5.69 Å². The number of Topliss-reactive ketones (excluding diaryl/α,β-unsaturated/α-hetero) is 1. The summed E-state index contributed by atoms with van der Waals surface area (Å²) in [4.78, 5) is 28.8. The van der Waals surface area contributed by atoms with E-state index >= 15 is 0 Å². The summed E-state index contributed by atoms with van der Waals surface area (Å²) in [5.74, 6) is 0.755. The van der Waals surface area contributed by atoms with Gasteiger partial charge in [0.25, 0.3) is 5.91 Å². The molecule has 1 aromatic rings. The highest BCUT2D eigenvalue weighted by Gasteiger charge is 2.69. The van der Waals surface area contributed by atoms with Gasteiger partial charge in [-0.3, -0.25) is 9.59 Å². The summed E-state index contributed by atoms with van der Waals surface area (Å²) in [5.41, 5.74) is 0.213. The van der Waals surface area contributed by atoms with Gasteiger partial charge in [-0.05, 0) is 68.2 Å². The van der Waals surface area contributed by atoms with Crippen molar-refractivity contribution in [2.45, 2.75) is 76.9 Å². The molecule has 3 aliphatic rings. The van der Waals surface area contributed by atoms with E-state index in [9.17, 15) is 9.59 Å². The van der Waals surface area contributed by atoms with Crippen LogP contribution >= 0.6 is 0 Å². The molecule has 2 saturated heterocycles. The lowest BCUT2D eigenvalue weighted by Gasteiger charge is -2.59. The molecule has 5 nitrogen and oxygen atoms in total. The second-order valence-corrected chi connectivity index (χ2v) is 10.5. The van der Waals surface area contributed by atoms with Gasteiger partial charge in [0, 0.05) is 18.7 Å². The first-order valence-electron chi connectivity index (χ1n) is 10.7. The van der Waals surface area contributed by atoms with E-state index in [2.05, 4.69) is 20.8 Å². The van der Waals surface area contributed by atoms with Crippen LogP contribution in [0.25, 0.3) is 0 Å². The van der Waals surface area contributed by atoms with E-state index in [-0.39, 0.29) is 28.9 Å². The first kappa shape index (κ1) is 20.4. The molecule has 158 valence electrons. The summed E-state index contributed by atoms with van der Waals surface area (Å²) < 4.78 is 12.0. The minimum absolute atomic E-state index is 0.0342. The van der Waals surface area contributed by atoms with Crippen LogP contribution in [0.1, 0.15) is 65.9 Å². The molecule has 2 heterocycles. The average Bonchev–Trinajstić information content (AvgIpc) is 2.69.